The van der Waals surface area contributed by atoms with Crippen molar-refractivity contribution in [2.75, 3.05) is 6.54 Å². The Kier molecular flexibility index (Phi) is 14.6. The molecule has 0 aromatic rings. The predicted molar refractivity (Wildman–Crippen MR) is 84.3 cm³/mol. The molecule has 0 saturated carbocycles. The number of hydrogen-bond acceptors (Lipinski definition) is 1. The lowest BCUT2D eigenvalue weighted by Gasteiger charge is -2.01. The summed E-state index contributed by atoms with van der Waals surface area (Å²) in [6, 6.07) is 0. The molecule has 1 N–H and O–H groups in total. The van der Waals surface area contributed by atoms with Gasteiger partial charge < -0.3 is 5.32 Å². The summed E-state index contributed by atoms with van der Waals surface area (Å²) in [4.78, 5) is 10.6. The first-order valence-electron chi connectivity index (χ1n) is 8.16. The van der Waals surface area contributed by atoms with Crippen molar-refractivity contribution in [3.05, 3.63) is 12.2 Å². The van der Waals surface area contributed by atoms with Gasteiger partial charge in [-0.15, -0.1) is 0 Å². The van der Waals surface area contributed by atoms with Crippen LogP contribution in [0.15, 0.2) is 12.2 Å². The maximum Gasteiger partial charge on any atom is 0.217 e. The van der Waals surface area contributed by atoms with E-state index in [1.54, 1.807) is 6.92 Å². The molecule has 0 saturated heterocycles. The fraction of sp³-hybridized carbons (Fsp3) is 0.824. The van der Waals surface area contributed by atoms with Gasteiger partial charge in [-0.25, -0.2) is 0 Å². The topological polar surface area (TPSA) is 29.1 Å². The van der Waals surface area contributed by atoms with Crippen LogP contribution in [0.5, 0.6) is 0 Å². The van der Waals surface area contributed by atoms with E-state index in [1.165, 1.54) is 64.2 Å². The molecule has 0 unspecified atom stereocenters. The number of allylic oxidation sites excluding steroid dienone is 1. The zero-order valence-corrected chi connectivity index (χ0v) is 13.0. The molecular weight excluding hydrogens is 234 g/mol. The summed E-state index contributed by atoms with van der Waals surface area (Å²) in [5, 5.41) is 2.76. The highest BCUT2D eigenvalue weighted by atomic mass is 16.1. The van der Waals surface area contributed by atoms with Crippen LogP contribution in [0.1, 0.15) is 84.5 Å². The molecule has 0 spiro atoms. The van der Waals surface area contributed by atoms with Crippen molar-refractivity contribution in [1.29, 1.82) is 0 Å². The normalized spacial score (nSPS) is 11.1. The van der Waals surface area contributed by atoms with Crippen LogP contribution in [-0.2, 0) is 4.79 Å². The predicted octanol–water partition coefficient (Wildman–Crippen LogP) is 4.99. The molecule has 0 aliphatic rings. The Morgan fingerprint density at radius 3 is 1.89 bits per heavy atom. The van der Waals surface area contributed by atoms with Crippen LogP contribution in [0, 0.1) is 0 Å². The second-order valence-electron chi connectivity index (χ2n) is 5.38. The smallest absolute Gasteiger partial charge is 0.217 e. The second-order valence-corrected chi connectivity index (χ2v) is 5.38. The number of carbonyl (C=O) groups is 1. The summed E-state index contributed by atoms with van der Waals surface area (Å²) >= 11 is 0. The highest BCUT2D eigenvalue weighted by molar-refractivity contribution is 5.72. The number of amides is 1. The molecule has 2 nitrogen and oxygen atoms in total. The Balaban J connectivity index is 3.04. The first-order chi connectivity index (χ1) is 9.27. The first kappa shape index (κ1) is 18.2. The van der Waals surface area contributed by atoms with Gasteiger partial charge in [-0.05, 0) is 12.8 Å². The Morgan fingerprint density at radius 2 is 1.37 bits per heavy atom. The molecule has 0 heterocycles. The molecular formula is C17H33NO. The van der Waals surface area contributed by atoms with Crippen molar-refractivity contribution >= 4 is 5.91 Å². The van der Waals surface area contributed by atoms with E-state index < -0.39 is 0 Å². The molecule has 0 aliphatic carbocycles. The highest BCUT2D eigenvalue weighted by Crippen LogP contribution is 2.11. The van der Waals surface area contributed by atoms with Gasteiger partial charge in [0.05, 0.1) is 0 Å². The standard InChI is InChI=1S/C17H33NO/c1-3-4-5-6-7-8-9-10-11-12-13-14-15-16-18-17(2)19/h14-15H,3-13,16H2,1-2H3,(H,18,19)/b15-14+. The van der Waals surface area contributed by atoms with E-state index in [0.717, 1.165) is 6.42 Å². The molecule has 0 aromatic heterocycles. The Bertz CT molecular complexity index is 223. The van der Waals surface area contributed by atoms with Gasteiger partial charge in [0.25, 0.3) is 0 Å². The molecule has 2 heteroatoms. The monoisotopic (exact) mass is 267 g/mol. The van der Waals surface area contributed by atoms with E-state index in [-0.39, 0.29) is 5.91 Å². The van der Waals surface area contributed by atoms with E-state index in [4.69, 9.17) is 0 Å². The van der Waals surface area contributed by atoms with Gasteiger partial charge in [-0.1, -0.05) is 76.9 Å². The number of nitrogens with one attached hydrogen (secondary N) is 1. The Morgan fingerprint density at radius 1 is 0.842 bits per heavy atom. The minimum atomic E-state index is 0.0450. The minimum Gasteiger partial charge on any atom is -0.353 e. The lowest BCUT2D eigenvalue weighted by atomic mass is 10.1. The molecule has 0 aromatic carbocycles. The van der Waals surface area contributed by atoms with Crippen molar-refractivity contribution in [2.24, 2.45) is 0 Å². The van der Waals surface area contributed by atoms with E-state index in [2.05, 4.69) is 24.4 Å². The van der Waals surface area contributed by atoms with Gasteiger partial charge in [-0.2, -0.15) is 0 Å². The Labute approximate surface area is 120 Å². The number of rotatable bonds is 13. The molecule has 0 aliphatic heterocycles. The average Bonchev–Trinajstić information content (AvgIpc) is 2.39. The average molecular weight is 267 g/mol. The van der Waals surface area contributed by atoms with Gasteiger partial charge >= 0.3 is 0 Å². The maximum absolute atomic E-state index is 10.6. The quantitative estimate of drug-likeness (QED) is 0.369. The highest BCUT2D eigenvalue weighted by Gasteiger charge is 1.92. The van der Waals surface area contributed by atoms with Gasteiger partial charge in [-0.3, -0.25) is 4.79 Å². The number of carbonyl (C=O) groups excluding carboxylic acids is 1. The van der Waals surface area contributed by atoms with Gasteiger partial charge in [0.15, 0.2) is 0 Å². The van der Waals surface area contributed by atoms with Crippen LogP contribution in [0.25, 0.3) is 0 Å². The SMILES string of the molecule is CCCCCCCCCCCC/C=C/CNC(C)=O. The fourth-order valence-electron chi connectivity index (χ4n) is 2.15. The van der Waals surface area contributed by atoms with Crippen molar-refractivity contribution in [2.45, 2.75) is 84.5 Å². The summed E-state index contributed by atoms with van der Waals surface area (Å²) in [6.45, 7) is 4.49. The third kappa shape index (κ3) is 17.2. The lowest BCUT2D eigenvalue weighted by molar-refractivity contribution is -0.118. The van der Waals surface area contributed by atoms with Gasteiger partial charge in [0, 0.05) is 13.5 Å². The van der Waals surface area contributed by atoms with Gasteiger partial charge in [0.2, 0.25) is 5.91 Å². The van der Waals surface area contributed by atoms with Crippen LogP contribution in [0.2, 0.25) is 0 Å². The first-order valence-corrected chi connectivity index (χ1v) is 8.16. The van der Waals surface area contributed by atoms with Crippen molar-refractivity contribution < 1.29 is 4.79 Å². The van der Waals surface area contributed by atoms with E-state index in [1.807, 2.05) is 0 Å². The molecule has 0 fully saturated rings. The van der Waals surface area contributed by atoms with Crippen molar-refractivity contribution in [3.8, 4) is 0 Å². The van der Waals surface area contributed by atoms with Crippen molar-refractivity contribution in [3.63, 3.8) is 0 Å². The molecule has 112 valence electrons. The molecule has 19 heavy (non-hydrogen) atoms. The van der Waals surface area contributed by atoms with Gasteiger partial charge in [0.1, 0.15) is 0 Å². The number of unbranched alkanes of at least 4 members (excludes halogenated alkanes) is 10. The van der Waals surface area contributed by atoms with Crippen LogP contribution >= 0.6 is 0 Å². The summed E-state index contributed by atoms with van der Waals surface area (Å²) < 4.78 is 0. The summed E-state index contributed by atoms with van der Waals surface area (Å²) in [7, 11) is 0. The third-order valence-corrected chi connectivity index (χ3v) is 3.36. The zero-order chi connectivity index (χ0) is 14.2. The maximum atomic E-state index is 10.6. The third-order valence-electron chi connectivity index (χ3n) is 3.36. The van der Waals surface area contributed by atoms with E-state index in [0.29, 0.717) is 6.54 Å². The molecule has 0 atom stereocenters. The minimum absolute atomic E-state index is 0.0450. The molecule has 1 amide bonds. The Hall–Kier alpha value is -0.790. The second kappa shape index (κ2) is 15.3. The molecule has 0 radical (unpaired) electrons. The summed E-state index contributed by atoms with van der Waals surface area (Å²) in [5.41, 5.74) is 0. The van der Waals surface area contributed by atoms with E-state index >= 15 is 0 Å². The van der Waals surface area contributed by atoms with Crippen LogP contribution < -0.4 is 5.32 Å². The van der Waals surface area contributed by atoms with Crippen LogP contribution in [-0.4, -0.2) is 12.5 Å². The largest absolute Gasteiger partial charge is 0.353 e. The summed E-state index contributed by atoms with van der Waals surface area (Å²) in [5.74, 6) is 0.0450. The molecule has 0 bridgehead atoms. The van der Waals surface area contributed by atoms with E-state index in [9.17, 15) is 4.79 Å². The van der Waals surface area contributed by atoms with Crippen LogP contribution in [0.4, 0.5) is 0 Å². The number of hydrogen-bond donors (Lipinski definition) is 1. The fourth-order valence-corrected chi connectivity index (χ4v) is 2.15. The van der Waals surface area contributed by atoms with Crippen molar-refractivity contribution in [1.82, 2.24) is 5.32 Å². The van der Waals surface area contributed by atoms with Crippen LogP contribution in [0.3, 0.4) is 0 Å². The zero-order valence-electron chi connectivity index (χ0n) is 13.0. The lowest BCUT2D eigenvalue weighted by Crippen LogP contribution is -2.19. The summed E-state index contributed by atoms with van der Waals surface area (Å²) in [6.07, 6.45) is 19.3. The molecule has 0 rings (SSSR count).